The predicted molar refractivity (Wildman–Crippen MR) is 123 cm³/mol. The van der Waals surface area contributed by atoms with Crippen LogP contribution in [-0.2, 0) is 0 Å². The van der Waals surface area contributed by atoms with Crippen molar-refractivity contribution in [1.29, 1.82) is 5.26 Å². The maximum absolute atomic E-state index is 13.0. The van der Waals surface area contributed by atoms with Crippen LogP contribution in [0, 0.1) is 17.2 Å². The molecule has 3 rings (SSSR count). The average Bonchev–Trinajstić information content (AvgIpc) is 3.29. The smallest absolute Gasteiger partial charge is 0.294 e. The van der Waals surface area contributed by atoms with Crippen molar-refractivity contribution in [3.8, 4) is 6.07 Å². The number of nitrogens with two attached hydrogens (primary N) is 1. The highest BCUT2D eigenvalue weighted by Crippen LogP contribution is 2.23. The first-order valence-corrected chi connectivity index (χ1v) is 11.0. The third kappa shape index (κ3) is 5.32. The van der Waals surface area contributed by atoms with Crippen LogP contribution in [-0.4, -0.2) is 84.7 Å². The number of piperazine rings is 1. The van der Waals surface area contributed by atoms with Crippen molar-refractivity contribution in [2.24, 2.45) is 16.6 Å². The number of nitrogens with zero attached hydrogens (tertiary/aromatic N) is 6. The lowest BCUT2D eigenvalue weighted by atomic mass is 9.99. The van der Waals surface area contributed by atoms with Gasteiger partial charge in [-0.1, -0.05) is 13.5 Å². The minimum absolute atomic E-state index is 0.0607. The normalized spacial score (nSPS) is 19.4. The largest absolute Gasteiger partial charge is 0.440 e. The second-order valence-corrected chi connectivity index (χ2v) is 8.48. The molecule has 1 aromatic heterocycles. The average molecular weight is 440 g/mol. The number of furan rings is 1. The summed E-state index contributed by atoms with van der Waals surface area (Å²) in [6.45, 7) is 11.4. The summed E-state index contributed by atoms with van der Waals surface area (Å²) >= 11 is 0. The van der Waals surface area contributed by atoms with Crippen molar-refractivity contribution in [3.63, 3.8) is 0 Å². The van der Waals surface area contributed by atoms with Crippen LogP contribution in [0.5, 0.6) is 0 Å². The molecule has 0 bridgehead atoms. The molecule has 1 aromatic rings. The molecule has 1 amide bonds. The Kier molecular flexibility index (Phi) is 7.59. The lowest BCUT2D eigenvalue weighted by molar-refractivity contribution is 0.0796. The summed E-state index contributed by atoms with van der Waals surface area (Å²) in [7, 11) is 3.70. The highest BCUT2D eigenvalue weighted by Gasteiger charge is 2.26. The Morgan fingerprint density at radius 3 is 2.47 bits per heavy atom. The number of aliphatic imine (C=N–C) groups is 1. The van der Waals surface area contributed by atoms with E-state index in [2.05, 4.69) is 35.3 Å². The van der Waals surface area contributed by atoms with E-state index >= 15 is 0 Å². The summed E-state index contributed by atoms with van der Waals surface area (Å²) in [5, 5.41) is 8.98. The number of rotatable bonds is 5. The Balaban J connectivity index is 1.94. The zero-order chi connectivity index (χ0) is 23.3. The number of amides is 1. The van der Waals surface area contributed by atoms with Gasteiger partial charge in [-0.15, -0.1) is 0 Å². The van der Waals surface area contributed by atoms with Crippen LogP contribution in [0.4, 0.5) is 0 Å². The number of likely N-dealkylation sites (N-methyl/N-ethyl adjacent to an activating group) is 1. The number of hydrogen-bond donors (Lipinski definition) is 1. The van der Waals surface area contributed by atoms with Gasteiger partial charge in [0.25, 0.3) is 5.91 Å². The maximum Gasteiger partial charge on any atom is 0.294 e. The lowest BCUT2D eigenvalue weighted by Crippen LogP contribution is -2.47. The summed E-state index contributed by atoms with van der Waals surface area (Å²) in [6, 6.07) is 4.84. The van der Waals surface area contributed by atoms with Gasteiger partial charge >= 0.3 is 0 Å². The number of carbonyl (C=O) groups excluding carboxylic acids is 1. The summed E-state index contributed by atoms with van der Waals surface area (Å²) in [5.74, 6) is 1.91. The molecule has 2 N–H and O–H groups in total. The van der Waals surface area contributed by atoms with Gasteiger partial charge in [-0.05, 0) is 44.0 Å². The van der Waals surface area contributed by atoms with E-state index < -0.39 is 5.91 Å². The molecule has 2 saturated heterocycles. The van der Waals surface area contributed by atoms with E-state index in [1.807, 2.05) is 6.07 Å². The van der Waals surface area contributed by atoms with Gasteiger partial charge in [-0.25, -0.2) is 4.99 Å². The van der Waals surface area contributed by atoms with E-state index in [1.54, 1.807) is 13.1 Å². The molecule has 2 aliphatic heterocycles. The van der Waals surface area contributed by atoms with Gasteiger partial charge in [0.15, 0.2) is 11.6 Å². The van der Waals surface area contributed by atoms with Crippen molar-refractivity contribution in [1.82, 2.24) is 19.6 Å². The van der Waals surface area contributed by atoms with Crippen LogP contribution in [0.25, 0.3) is 0 Å². The van der Waals surface area contributed by atoms with Gasteiger partial charge in [0.1, 0.15) is 17.7 Å². The zero-order valence-electron chi connectivity index (χ0n) is 19.3. The topological polar surface area (TPSA) is 105 Å². The van der Waals surface area contributed by atoms with E-state index in [9.17, 15) is 4.79 Å². The van der Waals surface area contributed by atoms with Crippen molar-refractivity contribution in [2.45, 2.75) is 19.8 Å². The van der Waals surface area contributed by atoms with Crippen molar-refractivity contribution < 1.29 is 9.21 Å². The summed E-state index contributed by atoms with van der Waals surface area (Å²) < 4.78 is 5.30. The minimum Gasteiger partial charge on any atom is -0.440 e. The first kappa shape index (κ1) is 23.4. The molecule has 9 heteroatoms. The molecule has 0 aliphatic carbocycles. The molecule has 0 unspecified atom stereocenters. The van der Waals surface area contributed by atoms with Crippen LogP contribution in [0.3, 0.4) is 0 Å². The Hall–Kier alpha value is -3.25. The molecule has 2 fully saturated rings. The summed E-state index contributed by atoms with van der Waals surface area (Å²) in [6.07, 6.45) is 3.82. The number of piperidine rings is 1. The van der Waals surface area contributed by atoms with Crippen molar-refractivity contribution >= 4 is 11.7 Å². The highest BCUT2D eigenvalue weighted by molar-refractivity contribution is 5.94. The fourth-order valence-electron chi connectivity index (χ4n) is 3.84. The molecular formula is C23H33N7O2. The second-order valence-electron chi connectivity index (χ2n) is 8.48. The molecule has 0 saturated carbocycles. The van der Waals surface area contributed by atoms with Gasteiger partial charge in [-0.2, -0.15) is 5.26 Å². The minimum atomic E-state index is -0.429. The first-order chi connectivity index (χ1) is 15.3. The van der Waals surface area contributed by atoms with Crippen LogP contribution in [0.1, 0.15) is 36.1 Å². The first-order valence-electron chi connectivity index (χ1n) is 11.0. The predicted octanol–water partition coefficient (Wildman–Crippen LogP) is 1.87. The lowest BCUT2D eigenvalue weighted by Gasteiger charge is -2.36. The number of hydrogen-bond acceptors (Lipinski definition) is 7. The second kappa shape index (κ2) is 10.4. The number of nitriles is 1. The Bertz CT molecular complexity index is 926. The SMILES string of the molecule is C=C/C(=N\C(=C(/N)N(C)C(=O)c1ccc(C#N)o1)N1CCC(C)CC1)N1CCN(C)CC1. The molecule has 0 atom stereocenters. The molecule has 0 spiro atoms. The molecule has 172 valence electrons. The van der Waals surface area contributed by atoms with E-state index in [0.29, 0.717) is 11.7 Å². The summed E-state index contributed by atoms with van der Waals surface area (Å²) in [4.78, 5) is 25.8. The van der Waals surface area contributed by atoms with Crippen LogP contribution in [0.2, 0.25) is 0 Å². The Labute approximate surface area is 190 Å². The molecule has 0 aromatic carbocycles. The van der Waals surface area contributed by atoms with Gasteiger partial charge in [0.05, 0.1) is 0 Å². The Morgan fingerprint density at radius 1 is 1.25 bits per heavy atom. The van der Waals surface area contributed by atoms with Gasteiger partial charge in [0.2, 0.25) is 5.76 Å². The standard InChI is InChI=1S/C23H33N7O2/c1-5-20(29-14-12-27(3)13-15-29)26-22(30-10-8-17(2)9-11-30)21(25)28(4)23(31)19-7-6-18(16-24)32-19/h5-7,17H,1,8-15,25H2,2-4H3/b22-21-,26-20+. The molecule has 9 nitrogen and oxygen atoms in total. The van der Waals surface area contributed by atoms with Crippen LogP contribution < -0.4 is 5.73 Å². The van der Waals surface area contributed by atoms with Crippen molar-refractivity contribution in [3.05, 3.63) is 48.0 Å². The molecule has 2 aliphatic rings. The van der Waals surface area contributed by atoms with E-state index in [1.165, 1.54) is 17.0 Å². The quantitative estimate of drug-likeness (QED) is 0.551. The van der Waals surface area contributed by atoms with E-state index in [-0.39, 0.29) is 17.3 Å². The third-order valence-electron chi connectivity index (χ3n) is 6.14. The van der Waals surface area contributed by atoms with Crippen molar-refractivity contribution in [2.75, 3.05) is 53.4 Å². The highest BCUT2D eigenvalue weighted by atomic mass is 16.4. The van der Waals surface area contributed by atoms with E-state index in [0.717, 1.165) is 57.9 Å². The molecule has 3 heterocycles. The molecule has 0 radical (unpaired) electrons. The van der Waals surface area contributed by atoms with Crippen LogP contribution in [0.15, 0.2) is 45.8 Å². The van der Waals surface area contributed by atoms with E-state index in [4.69, 9.17) is 20.4 Å². The number of likely N-dealkylation sites (tertiary alicyclic amines) is 1. The van der Waals surface area contributed by atoms with Gasteiger partial charge in [0, 0.05) is 46.3 Å². The third-order valence-corrected chi connectivity index (χ3v) is 6.14. The fraction of sp³-hybridized carbons (Fsp3) is 0.522. The monoisotopic (exact) mass is 439 g/mol. The molecular weight excluding hydrogens is 406 g/mol. The van der Waals surface area contributed by atoms with Gasteiger partial charge in [-0.3, -0.25) is 9.69 Å². The number of carbonyl (C=O) groups is 1. The molecule has 32 heavy (non-hydrogen) atoms. The maximum atomic E-state index is 13.0. The summed E-state index contributed by atoms with van der Waals surface area (Å²) in [5.41, 5.74) is 6.53. The van der Waals surface area contributed by atoms with Crippen LogP contribution >= 0.6 is 0 Å². The fourth-order valence-corrected chi connectivity index (χ4v) is 3.84. The zero-order valence-corrected chi connectivity index (χ0v) is 19.3. The number of amidine groups is 1. The van der Waals surface area contributed by atoms with Gasteiger partial charge < -0.3 is 24.9 Å². The Morgan fingerprint density at radius 2 is 1.91 bits per heavy atom.